The molecular formula is C21H17BrN2O2S. The Kier molecular flexibility index (Phi) is 4.90. The Bertz CT molecular complexity index is 1040. The maximum absolute atomic E-state index is 12.6. The van der Waals surface area contributed by atoms with Gasteiger partial charge in [-0.05, 0) is 55.0 Å². The molecule has 1 aliphatic carbocycles. The number of hydrogen-bond donors (Lipinski definition) is 1. The second-order valence-electron chi connectivity index (χ2n) is 6.79. The van der Waals surface area contributed by atoms with E-state index in [4.69, 9.17) is 4.42 Å². The molecule has 0 bridgehead atoms. The van der Waals surface area contributed by atoms with Crippen molar-refractivity contribution in [3.05, 3.63) is 62.6 Å². The third-order valence-electron chi connectivity index (χ3n) is 4.81. The first kappa shape index (κ1) is 18.0. The lowest BCUT2D eigenvalue weighted by molar-refractivity contribution is 0.0998. The monoisotopic (exact) mass is 440 g/mol. The van der Waals surface area contributed by atoms with Gasteiger partial charge in [-0.2, -0.15) is 5.26 Å². The van der Waals surface area contributed by atoms with Crippen molar-refractivity contribution in [2.45, 2.75) is 26.2 Å². The lowest BCUT2D eigenvalue weighted by Crippen LogP contribution is -2.11. The summed E-state index contributed by atoms with van der Waals surface area (Å²) in [5.74, 6) is 1.15. The highest BCUT2D eigenvalue weighted by atomic mass is 79.9. The Labute approximate surface area is 170 Å². The van der Waals surface area contributed by atoms with Gasteiger partial charge in [0.1, 0.15) is 16.8 Å². The van der Waals surface area contributed by atoms with Crippen LogP contribution in [0.25, 0.3) is 11.3 Å². The number of rotatable bonds is 3. The lowest BCUT2D eigenvalue weighted by atomic mass is 9.89. The van der Waals surface area contributed by atoms with Gasteiger partial charge < -0.3 is 9.73 Å². The minimum absolute atomic E-state index is 0.233. The smallest absolute Gasteiger partial charge is 0.292 e. The first-order valence-corrected chi connectivity index (χ1v) is 10.4. The average Bonchev–Trinajstić information content (AvgIpc) is 3.26. The summed E-state index contributed by atoms with van der Waals surface area (Å²) in [7, 11) is 0. The summed E-state index contributed by atoms with van der Waals surface area (Å²) >= 11 is 4.92. The third-order valence-corrected chi connectivity index (χ3v) is 6.51. The maximum Gasteiger partial charge on any atom is 0.292 e. The standard InChI is InChI=1S/C21H17BrN2O2S/c1-12-2-7-15-16(11-23)21(27-19(15)10-12)24-20(25)18-9-8-17(26-18)13-3-5-14(22)6-4-13/h3-6,8-9,12H,2,7,10H2,1H3,(H,24,25). The molecule has 1 unspecified atom stereocenters. The van der Waals surface area contributed by atoms with Gasteiger partial charge in [0.05, 0.1) is 5.56 Å². The van der Waals surface area contributed by atoms with Crippen LogP contribution in [0.15, 0.2) is 45.3 Å². The topological polar surface area (TPSA) is 66.0 Å². The Morgan fingerprint density at radius 1 is 1.30 bits per heavy atom. The van der Waals surface area contributed by atoms with Crippen molar-refractivity contribution in [1.29, 1.82) is 5.26 Å². The minimum Gasteiger partial charge on any atom is -0.451 e. The van der Waals surface area contributed by atoms with E-state index in [9.17, 15) is 10.1 Å². The normalized spacial score (nSPS) is 15.8. The van der Waals surface area contributed by atoms with Crippen LogP contribution in [0.3, 0.4) is 0 Å². The molecule has 1 aliphatic rings. The summed E-state index contributed by atoms with van der Waals surface area (Å²) in [5, 5.41) is 13.1. The highest BCUT2D eigenvalue weighted by Crippen LogP contribution is 2.39. The van der Waals surface area contributed by atoms with E-state index in [0.717, 1.165) is 34.9 Å². The van der Waals surface area contributed by atoms with Crippen LogP contribution in [0.1, 0.15) is 39.9 Å². The van der Waals surface area contributed by atoms with E-state index >= 15 is 0 Å². The van der Waals surface area contributed by atoms with Crippen molar-refractivity contribution < 1.29 is 9.21 Å². The van der Waals surface area contributed by atoms with Gasteiger partial charge in [-0.3, -0.25) is 4.79 Å². The predicted molar refractivity (Wildman–Crippen MR) is 110 cm³/mol. The van der Waals surface area contributed by atoms with Crippen LogP contribution in [0.2, 0.25) is 0 Å². The SMILES string of the molecule is CC1CCc2c(sc(NC(=O)c3ccc(-c4ccc(Br)cc4)o3)c2C#N)C1. The number of carbonyl (C=O) groups excluding carboxylic acids is 1. The number of halogens is 1. The van der Waals surface area contributed by atoms with Gasteiger partial charge in [-0.1, -0.05) is 35.0 Å². The van der Waals surface area contributed by atoms with Crippen molar-refractivity contribution in [1.82, 2.24) is 0 Å². The second-order valence-corrected chi connectivity index (χ2v) is 8.81. The van der Waals surface area contributed by atoms with Crippen molar-refractivity contribution in [2.24, 2.45) is 5.92 Å². The number of nitrogens with one attached hydrogen (secondary N) is 1. The van der Waals surface area contributed by atoms with Crippen LogP contribution in [0, 0.1) is 17.2 Å². The van der Waals surface area contributed by atoms with E-state index < -0.39 is 0 Å². The van der Waals surface area contributed by atoms with Crippen molar-refractivity contribution in [3.63, 3.8) is 0 Å². The van der Waals surface area contributed by atoms with Crippen LogP contribution in [-0.4, -0.2) is 5.91 Å². The van der Waals surface area contributed by atoms with E-state index in [-0.39, 0.29) is 11.7 Å². The highest BCUT2D eigenvalue weighted by Gasteiger charge is 2.25. The van der Waals surface area contributed by atoms with Gasteiger partial charge in [0.15, 0.2) is 5.76 Å². The number of carbonyl (C=O) groups is 1. The molecule has 1 atom stereocenters. The Morgan fingerprint density at radius 3 is 2.81 bits per heavy atom. The van der Waals surface area contributed by atoms with Crippen molar-refractivity contribution in [3.8, 4) is 17.4 Å². The van der Waals surface area contributed by atoms with E-state index in [1.54, 1.807) is 12.1 Å². The Hall–Kier alpha value is -2.36. The fraction of sp³-hybridized carbons (Fsp3) is 0.238. The van der Waals surface area contributed by atoms with Gasteiger partial charge in [0.25, 0.3) is 5.91 Å². The summed E-state index contributed by atoms with van der Waals surface area (Å²) in [6, 6.07) is 13.4. The van der Waals surface area contributed by atoms with E-state index in [1.165, 1.54) is 16.2 Å². The molecule has 0 saturated carbocycles. The third kappa shape index (κ3) is 3.58. The molecule has 0 saturated heterocycles. The molecule has 3 aromatic rings. The zero-order valence-corrected chi connectivity index (χ0v) is 17.1. The molecular weight excluding hydrogens is 424 g/mol. The number of nitriles is 1. The Balaban J connectivity index is 1.57. The first-order chi connectivity index (χ1) is 13.0. The molecule has 0 radical (unpaired) electrons. The summed E-state index contributed by atoms with van der Waals surface area (Å²) in [6.07, 6.45) is 2.96. The number of thiophene rings is 1. The number of fused-ring (bicyclic) bond motifs is 1. The number of benzene rings is 1. The number of anilines is 1. The van der Waals surface area contributed by atoms with Crippen LogP contribution in [0.4, 0.5) is 5.00 Å². The molecule has 1 aromatic carbocycles. The summed E-state index contributed by atoms with van der Waals surface area (Å²) < 4.78 is 6.71. The Morgan fingerprint density at radius 2 is 2.07 bits per heavy atom. The van der Waals surface area contributed by atoms with Crippen molar-refractivity contribution >= 4 is 38.2 Å². The molecule has 1 N–H and O–H groups in total. The fourth-order valence-electron chi connectivity index (χ4n) is 3.35. The van der Waals surface area contributed by atoms with Crippen LogP contribution >= 0.6 is 27.3 Å². The molecule has 136 valence electrons. The number of furan rings is 1. The number of amides is 1. The molecule has 4 nitrogen and oxygen atoms in total. The van der Waals surface area contributed by atoms with Gasteiger partial charge in [0, 0.05) is 14.9 Å². The van der Waals surface area contributed by atoms with Crippen LogP contribution in [0.5, 0.6) is 0 Å². The molecule has 2 aromatic heterocycles. The molecule has 6 heteroatoms. The van der Waals surface area contributed by atoms with Gasteiger partial charge in [-0.25, -0.2) is 0 Å². The zero-order chi connectivity index (χ0) is 19.0. The summed E-state index contributed by atoms with van der Waals surface area (Å²) in [4.78, 5) is 13.9. The first-order valence-electron chi connectivity index (χ1n) is 8.77. The van der Waals surface area contributed by atoms with Gasteiger partial charge in [-0.15, -0.1) is 11.3 Å². The maximum atomic E-state index is 12.6. The molecule has 0 fully saturated rings. The van der Waals surface area contributed by atoms with E-state index in [0.29, 0.717) is 22.2 Å². The van der Waals surface area contributed by atoms with E-state index in [2.05, 4.69) is 34.2 Å². The number of nitrogens with zero attached hydrogens (tertiary/aromatic N) is 1. The number of hydrogen-bond acceptors (Lipinski definition) is 4. The average molecular weight is 441 g/mol. The highest BCUT2D eigenvalue weighted by molar-refractivity contribution is 9.10. The molecule has 1 amide bonds. The minimum atomic E-state index is -0.332. The molecule has 0 spiro atoms. The summed E-state index contributed by atoms with van der Waals surface area (Å²) in [5.41, 5.74) is 2.61. The fourth-order valence-corrected chi connectivity index (χ4v) is 4.97. The van der Waals surface area contributed by atoms with E-state index in [1.807, 2.05) is 24.3 Å². The molecule has 2 heterocycles. The molecule has 0 aliphatic heterocycles. The van der Waals surface area contributed by atoms with Crippen molar-refractivity contribution in [2.75, 3.05) is 5.32 Å². The van der Waals surface area contributed by atoms with Gasteiger partial charge >= 0.3 is 0 Å². The van der Waals surface area contributed by atoms with Crippen LogP contribution in [-0.2, 0) is 12.8 Å². The lowest BCUT2D eigenvalue weighted by Gasteiger charge is -2.17. The van der Waals surface area contributed by atoms with Gasteiger partial charge in [0.2, 0.25) is 0 Å². The molecule has 4 rings (SSSR count). The largest absolute Gasteiger partial charge is 0.451 e. The quantitative estimate of drug-likeness (QED) is 0.541. The van der Waals surface area contributed by atoms with Crippen LogP contribution < -0.4 is 5.32 Å². The predicted octanol–water partition coefficient (Wildman–Crippen LogP) is 6.02. The summed E-state index contributed by atoms with van der Waals surface area (Å²) in [6.45, 7) is 2.22. The molecule has 27 heavy (non-hydrogen) atoms. The second kappa shape index (κ2) is 7.34. The zero-order valence-electron chi connectivity index (χ0n) is 14.7.